The van der Waals surface area contributed by atoms with E-state index < -0.39 is 10.0 Å². The fourth-order valence-corrected chi connectivity index (χ4v) is 3.42. The van der Waals surface area contributed by atoms with Crippen LogP contribution >= 0.6 is 0 Å². The van der Waals surface area contributed by atoms with Crippen molar-refractivity contribution in [1.29, 1.82) is 0 Å². The summed E-state index contributed by atoms with van der Waals surface area (Å²) in [7, 11) is -3.69. The van der Waals surface area contributed by atoms with Crippen molar-refractivity contribution in [3.63, 3.8) is 0 Å². The minimum absolute atomic E-state index is 0.0638. The number of nitrogens with zero attached hydrogens (tertiary/aromatic N) is 1. The molecule has 2 aromatic carbocycles. The van der Waals surface area contributed by atoms with Gasteiger partial charge in [0.05, 0.1) is 10.4 Å². The van der Waals surface area contributed by atoms with Crippen molar-refractivity contribution in [3.05, 3.63) is 60.8 Å². The van der Waals surface area contributed by atoms with Crippen LogP contribution in [0.1, 0.15) is 0 Å². The van der Waals surface area contributed by atoms with Crippen molar-refractivity contribution in [2.45, 2.75) is 4.90 Å². The van der Waals surface area contributed by atoms with Gasteiger partial charge in [-0.25, -0.2) is 12.4 Å². The zero-order valence-corrected chi connectivity index (χ0v) is 10.7. The fraction of sp³-hybridized carbons (Fsp3) is 0. The summed E-state index contributed by atoms with van der Waals surface area (Å²) in [4.78, 5) is 0.0638. The third kappa shape index (κ3) is 1.88. The molecule has 0 unspecified atom stereocenters. The van der Waals surface area contributed by atoms with Crippen molar-refractivity contribution in [2.24, 2.45) is 0 Å². The molecule has 0 spiro atoms. The smallest absolute Gasteiger partial charge is 0.268 e. The average molecular weight is 273 g/mol. The van der Waals surface area contributed by atoms with Gasteiger partial charge < -0.3 is 5.11 Å². The Morgan fingerprint density at radius 3 is 2.53 bits per heavy atom. The molecule has 0 aliphatic carbocycles. The monoisotopic (exact) mass is 273 g/mol. The van der Waals surface area contributed by atoms with Crippen LogP contribution in [-0.4, -0.2) is 17.5 Å². The SMILES string of the molecule is O=S(=O)(c1cccc(O)c1)n1ccc2ccccc21. The van der Waals surface area contributed by atoms with Crippen LogP contribution in [0.2, 0.25) is 0 Å². The molecule has 0 bridgehead atoms. The van der Waals surface area contributed by atoms with Gasteiger partial charge >= 0.3 is 0 Å². The fourth-order valence-electron chi connectivity index (χ4n) is 2.02. The standard InChI is InChI=1S/C14H11NO3S/c16-12-5-3-6-13(10-12)19(17,18)15-9-8-11-4-1-2-7-14(11)15/h1-10,16H. The maximum absolute atomic E-state index is 12.5. The van der Waals surface area contributed by atoms with E-state index in [2.05, 4.69) is 0 Å². The van der Waals surface area contributed by atoms with Gasteiger partial charge in [0.1, 0.15) is 5.75 Å². The van der Waals surface area contributed by atoms with Crippen LogP contribution in [0, 0.1) is 0 Å². The van der Waals surface area contributed by atoms with Gasteiger partial charge in [0.2, 0.25) is 0 Å². The number of benzene rings is 2. The average Bonchev–Trinajstić information content (AvgIpc) is 2.83. The summed E-state index contributed by atoms with van der Waals surface area (Å²) >= 11 is 0. The number of phenolic OH excluding ortho intramolecular Hbond substituents is 1. The van der Waals surface area contributed by atoms with Gasteiger partial charge in [0.15, 0.2) is 0 Å². The number of aromatic nitrogens is 1. The van der Waals surface area contributed by atoms with Crippen LogP contribution in [0.4, 0.5) is 0 Å². The first kappa shape index (κ1) is 11.8. The Labute approximate surface area is 110 Å². The van der Waals surface area contributed by atoms with E-state index in [-0.39, 0.29) is 10.6 Å². The van der Waals surface area contributed by atoms with E-state index in [1.54, 1.807) is 18.2 Å². The van der Waals surface area contributed by atoms with E-state index in [4.69, 9.17) is 0 Å². The van der Waals surface area contributed by atoms with Crippen LogP contribution in [0.15, 0.2) is 65.7 Å². The van der Waals surface area contributed by atoms with Crippen molar-refractivity contribution >= 4 is 20.9 Å². The number of aromatic hydroxyl groups is 1. The summed E-state index contributed by atoms with van der Waals surface area (Å²) in [5.74, 6) is -0.0717. The van der Waals surface area contributed by atoms with E-state index in [0.29, 0.717) is 5.52 Å². The van der Waals surface area contributed by atoms with Crippen molar-refractivity contribution in [2.75, 3.05) is 0 Å². The maximum Gasteiger partial charge on any atom is 0.268 e. The topological polar surface area (TPSA) is 59.3 Å². The van der Waals surface area contributed by atoms with Gasteiger partial charge in [-0.1, -0.05) is 24.3 Å². The summed E-state index contributed by atoms with van der Waals surface area (Å²) in [6.45, 7) is 0. The lowest BCUT2D eigenvalue weighted by Crippen LogP contribution is -2.11. The van der Waals surface area contributed by atoms with E-state index in [1.165, 1.54) is 34.4 Å². The van der Waals surface area contributed by atoms with Crippen LogP contribution in [-0.2, 0) is 10.0 Å². The van der Waals surface area contributed by atoms with Gasteiger partial charge in [-0.3, -0.25) is 0 Å². The molecule has 1 N–H and O–H groups in total. The Bertz CT molecular complexity index is 850. The Hall–Kier alpha value is -2.27. The highest BCUT2D eigenvalue weighted by molar-refractivity contribution is 7.90. The Morgan fingerprint density at radius 2 is 1.74 bits per heavy atom. The number of hydrogen-bond acceptors (Lipinski definition) is 3. The van der Waals surface area contributed by atoms with Crippen LogP contribution < -0.4 is 0 Å². The van der Waals surface area contributed by atoms with Gasteiger partial charge in [0, 0.05) is 17.6 Å². The van der Waals surface area contributed by atoms with Gasteiger partial charge in [-0.05, 0) is 24.3 Å². The zero-order valence-electron chi connectivity index (χ0n) is 9.89. The molecular formula is C14H11NO3S. The largest absolute Gasteiger partial charge is 0.508 e. The number of hydrogen-bond donors (Lipinski definition) is 1. The molecule has 0 fully saturated rings. The van der Waals surface area contributed by atoms with Crippen molar-refractivity contribution in [1.82, 2.24) is 3.97 Å². The summed E-state index contributed by atoms with van der Waals surface area (Å²) < 4.78 is 26.2. The second kappa shape index (κ2) is 4.13. The molecule has 3 rings (SSSR count). The van der Waals surface area contributed by atoms with E-state index in [1.807, 2.05) is 12.1 Å². The van der Waals surface area contributed by atoms with Gasteiger partial charge in [0.25, 0.3) is 10.0 Å². The van der Waals surface area contributed by atoms with E-state index >= 15 is 0 Å². The minimum Gasteiger partial charge on any atom is -0.508 e. The molecule has 0 aliphatic heterocycles. The minimum atomic E-state index is -3.69. The highest BCUT2D eigenvalue weighted by atomic mass is 32.2. The maximum atomic E-state index is 12.5. The van der Waals surface area contributed by atoms with Crippen molar-refractivity contribution in [3.8, 4) is 5.75 Å². The molecule has 0 atom stereocenters. The highest BCUT2D eigenvalue weighted by Gasteiger charge is 2.18. The van der Waals surface area contributed by atoms with Crippen LogP contribution in [0.3, 0.4) is 0 Å². The third-order valence-corrected chi connectivity index (χ3v) is 4.62. The summed E-state index contributed by atoms with van der Waals surface area (Å²) in [5, 5.41) is 10.3. The van der Waals surface area contributed by atoms with Crippen molar-refractivity contribution < 1.29 is 13.5 Å². The summed E-state index contributed by atoms with van der Waals surface area (Å²) in [6, 6.07) is 14.6. The predicted octanol–water partition coefficient (Wildman–Crippen LogP) is 2.58. The number of rotatable bonds is 2. The Morgan fingerprint density at radius 1 is 0.947 bits per heavy atom. The zero-order chi connectivity index (χ0) is 13.5. The summed E-state index contributed by atoms with van der Waals surface area (Å²) in [5.41, 5.74) is 0.617. The second-order valence-electron chi connectivity index (χ2n) is 4.17. The quantitative estimate of drug-likeness (QED) is 0.780. The first-order valence-corrected chi connectivity index (χ1v) is 7.14. The number of fused-ring (bicyclic) bond motifs is 1. The van der Waals surface area contributed by atoms with Gasteiger partial charge in [-0.15, -0.1) is 0 Å². The Balaban J connectivity index is 2.26. The lowest BCUT2D eigenvalue weighted by atomic mass is 10.3. The number of para-hydroxylation sites is 1. The molecule has 0 saturated carbocycles. The van der Waals surface area contributed by atoms with E-state index in [9.17, 15) is 13.5 Å². The molecule has 19 heavy (non-hydrogen) atoms. The first-order chi connectivity index (χ1) is 9.09. The lowest BCUT2D eigenvalue weighted by Gasteiger charge is -2.07. The molecule has 0 radical (unpaired) electrons. The molecular weight excluding hydrogens is 262 g/mol. The summed E-state index contributed by atoms with van der Waals surface area (Å²) in [6.07, 6.45) is 1.52. The second-order valence-corrected chi connectivity index (χ2v) is 5.99. The Kier molecular flexibility index (Phi) is 2.57. The predicted molar refractivity (Wildman–Crippen MR) is 72.6 cm³/mol. The third-order valence-electron chi connectivity index (χ3n) is 2.94. The van der Waals surface area contributed by atoms with Crippen LogP contribution in [0.5, 0.6) is 5.75 Å². The number of phenols is 1. The molecule has 0 aliphatic rings. The molecule has 0 amide bonds. The highest BCUT2D eigenvalue weighted by Crippen LogP contribution is 2.23. The molecule has 0 saturated heterocycles. The lowest BCUT2D eigenvalue weighted by molar-refractivity contribution is 0.473. The molecule has 5 heteroatoms. The molecule has 1 aromatic heterocycles. The molecule has 4 nitrogen and oxygen atoms in total. The van der Waals surface area contributed by atoms with Gasteiger partial charge in [-0.2, -0.15) is 0 Å². The first-order valence-electron chi connectivity index (χ1n) is 5.70. The molecule has 96 valence electrons. The normalized spacial score (nSPS) is 11.8. The van der Waals surface area contributed by atoms with E-state index in [0.717, 1.165) is 5.39 Å². The molecule has 1 heterocycles. The van der Waals surface area contributed by atoms with Crippen LogP contribution in [0.25, 0.3) is 10.9 Å². The molecule has 3 aromatic rings.